The van der Waals surface area contributed by atoms with E-state index in [1.54, 1.807) is 12.1 Å². The van der Waals surface area contributed by atoms with E-state index in [1.165, 1.54) is 19.1 Å². The van der Waals surface area contributed by atoms with E-state index in [0.717, 1.165) is 11.6 Å². The van der Waals surface area contributed by atoms with Crippen LogP contribution in [0.1, 0.15) is 50.0 Å². The fourth-order valence-corrected chi connectivity index (χ4v) is 3.95. The maximum Gasteiger partial charge on any atom is 0.341 e. The van der Waals surface area contributed by atoms with Crippen LogP contribution in [0.2, 0.25) is 5.02 Å². The van der Waals surface area contributed by atoms with Crippen LogP contribution in [0.25, 0.3) is 0 Å². The number of nitrogens with one attached hydrogen (secondary N) is 1. The summed E-state index contributed by atoms with van der Waals surface area (Å²) in [6.07, 6.45) is 0.0130. The average Bonchev–Trinajstić information content (AvgIpc) is 2.65. The Morgan fingerprint density at radius 2 is 1.90 bits per heavy atom. The monoisotopic (exact) mass is 435 g/mol. The highest BCUT2D eigenvalue weighted by Gasteiger charge is 2.40. The van der Waals surface area contributed by atoms with Gasteiger partial charge in [-0.15, -0.1) is 0 Å². The number of carboxylic acids is 1. The molecule has 1 fully saturated rings. The van der Waals surface area contributed by atoms with Crippen molar-refractivity contribution in [2.45, 2.75) is 44.4 Å². The molecular weight excluding hydrogens is 413 g/mol. The molecule has 6 nitrogen and oxygen atoms in total. The molecule has 0 bridgehead atoms. The second-order valence-corrected chi connectivity index (χ2v) is 8.12. The van der Waals surface area contributed by atoms with Crippen molar-refractivity contribution >= 4 is 23.5 Å². The molecule has 0 spiro atoms. The first kappa shape index (κ1) is 22.1. The van der Waals surface area contributed by atoms with Crippen LogP contribution in [0.15, 0.2) is 42.5 Å². The van der Waals surface area contributed by atoms with E-state index >= 15 is 0 Å². The van der Waals surface area contributed by atoms with Gasteiger partial charge in [0.1, 0.15) is 11.6 Å². The molecule has 0 aliphatic carbocycles. The average molecular weight is 436 g/mol. The van der Waals surface area contributed by atoms with Crippen LogP contribution in [0, 0.1) is 5.82 Å². The van der Waals surface area contributed by atoms with E-state index in [1.807, 2.05) is 19.1 Å². The minimum Gasteiger partial charge on any atom is -0.481 e. The van der Waals surface area contributed by atoms with E-state index in [4.69, 9.17) is 26.2 Å². The molecule has 0 saturated carbocycles. The number of carboxylic acid groups (broad SMARTS) is 1. The first-order valence-corrected chi connectivity index (χ1v) is 9.87. The molecular formula is C22H23ClFNO5. The summed E-state index contributed by atoms with van der Waals surface area (Å²) in [4.78, 5) is 22.8. The molecule has 2 aromatic rings. The van der Waals surface area contributed by atoms with Gasteiger partial charge >= 0.3 is 5.97 Å². The maximum atomic E-state index is 13.8. The Bertz CT molecular complexity index is 936. The lowest BCUT2D eigenvalue weighted by molar-refractivity contribution is -0.139. The Morgan fingerprint density at radius 3 is 2.53 bits per heavy atom. The maximum absolute atomic E-state index is 13.8. The van der Waals surface area contributed by atoms with E-state index in [0.29, 0.717) is 23.4 Å². The molecule has 3 rings (SSSR count). The predicted octanol–water partition coefficient (Wildman–Crippen LogP) is 4.43. The van der Waals surface area contributed by atoms with Crippen molar-refractivity contribution in [3.05, 3.63) is 64.4 Å². The molecule has 1 aliphatic heterocycles. The molecule has 1 heterocycles. The van der Waals surface area contributed by atoms with E-state index in [2.05, 4.69) is 5.32 Å². The number of carbonyl (C=O) groups excluding carboxylic acids is 1. The topological polar surface area (TPSA) is 84.9 Å². The highest BCUT2D eigenvalue weighted by molar-refractivity contribution is 6.30. The lowest BCUT2D eigenvalue weighted by Gasteiger charge is -2.43. The van der Waals surface area contributed by atoms with Gasteiger partial charge in [-0.25, -0.2) is 9.18 Å². The number of aliphatic carboxylic acids is 1. The molecule has 3 atom stereocenters. The van der Waals surface area contributed by atoms with Gasteiger partial charge in [0.15, 0.2) is 6.61 Å². The quantitative estimate of drug-likeness (QED) is 0.701. The van der Waals surface area contributed by atoms with Crippen molar-refractivity contribution in [3.8, 4) is 5.75 Å². The standard InChI is InChI=1S/C22H23ClFNO5/c1-13(26)25-22(2)10-19(14-3-5-15(23)6-4-14)30-20(11-22)17-8-7-16(24)9-18(17)29-12-21(27)28/h3-9,19-20H,10-12H2,1-2H3,(H,25,26)(H,27,28)/t19-,20+,22-/m0/s1. The van der Waals surface area contributed by atoms with Crippen LogP contribution < -0.4 is 10.1 Å². The molecule has 1 amide bonds. The minimum atomic E-state index is -1.17. The number of amides is 1. The van der Waals surface area contributed by atoms with Crippen LogP contribution in [-0.2, 0) is 14.3 Å². The predicted molar refractivity (Wildman–Crippen MR) is 109 cm³/mol. The Hall–Kier alpha value is -2.64. The zero-order chi connectivity index (χ0) is 21.9. The van der Waals surface area contributed by atoms with Gasteiger partial charge in [0.25, 0.3) is 0 Å². The summed E-state index contributed by atoms with van der Waals surface area (Å²) in [5.41, 5.74) is 0.806. The summed E-state index contributed by atoms with van der Waals surface area (Å²) in [5.74, 6) is -1.79. The number of hydrogen-bond donors (Lipinski definition) is 2. The zero-order valence-electron chi connectivity index (χ0n) is 16.7. The summed E-state index contributed by atoms with van der Waals surface area (Å²) >= 11 is 6.00. The Labute approximate surface area is 178 Å². The van der Waals surface area contributed by atoms with Crippen molar-refractivity contribution in [1.82, 2.24) is 5.32 Å². The van der Waals surface area contributed by atoms with Gasteiger partial charge in [-0.1, -0.05) is 23.7 Å². The van der Waals surface area contributed by atoms with E-state index in [9.17, 15) is 14.0 Å². The highest BCUT2D eigenvalue weighted by Crippen LogP contribution is 2.46. The largest absolute Gasteiger partial charge is 0.481 e. The number of hydrogen-bond acceptors (Lipinski definition) is 4. The van der Waals surface area contributed by atoms with Gasteiger partial charge in [-0.3, -0.25) is 4.79 Å². The molecule has 0 radical (unpaired) electrons. The summed E-state index contributed by atoms with van der Waals surface area (Å²) in [5, 5.41) is 12.5. The van der Waals surface area contributed by atoms with Crippen LogP contribution in [-0.4, -0.2) is 29.1 Å². The van der Waals surface area contributed by atoms with E-state index < -0.39 is 30.0 Å². The Morgan fingerprint density at radius 1 is 1.23 bits per heavy atom. The second kappa shape index (κ2) is 9.02. The second-order valence-electron chi connectivity index (χ2n) is 7.68. The highest BCUT2D eigenvalue weighted by atomic mass is 35.5. The van der Waals surface area contributed by atoms with Crippen molar-refractivity contribution in [1.29, 1.82) is 0 Å². The van der Waals surface area contributed by atoms with E-state index in [-0.39, 0.29) is 17.8 Å². The molecule has 0 unspecified atom stereocenters. The Kier molecular flexibility index (Phi) is 6.63. The molecule has 160 valence electrons. The van der Waals surface area contributed by atoms with Crippen molar-refractivity contribution in [2.24, 2.45) is 0 Å². The summed E-state index contributed by atoms with van der Waals surface area (Å²) in [7, 11) is 0. The lowest BCUT2D eigenvalue weighted by Crippen LogP contribution is -2.50. The smallest absolute Gasteiger partial charge is 0.341 e. The van der Waals surface area contributed by atoms with Crippen LogP contribution >= 0.6 is 11.6 Å². The van der Waals surface area contributed by atoms with Crippen molar-refractivity contribution in [2.75, 3.05) is 6.61 Å². The number of carbonyl (C=O) groups is 2. The minimum absolute atomic E-state index is 0.101. The van der Waals surface area contributed by atoms with Crippen LogP contribution in [0.4, 0.5) is 4.39 Å². The van der Waals surface area contributed by atoms with Crippen molar-refractivity contribution in [3.63, 3.8) is 0 Å². The summed E-state index contributed by atoms with van der Waals surface area (Å²) < 4.78 is 25.4. The Balaban J connectivity index is 1.97. The first-order chi connectivity index (χ1) is 14.1. The fraction of sp³-hybridized carbons (Fsp3) is 0.364. The van der Waals surface area contributed by atoms with Gasteiger partial charge in [0.2, 0.25) is 5.91 Å². The third-order valence-electron chi connectivity index (χ3n) is 4.99. The van der Waals surface area contributed by atoms with Gasteiger partial charge in [0.05, 0.1) is 12.2 Å². The molecule has 1 saturated heterocycles. The van der Waals surface area contributed by atoms with Crippen LogP contribution in [0.5, 0.6) is 5.75 Å². The summed E-state index contributed by atoms with van der Waals surface area (Å²) in [6, 6.07) is 11.2. The third-order valence-corrected chi connectivity index (χ3v) is 5.25. The SMILES string of the molecule is CC(=O)N[C@@]1(C)C[C@@H](c2ccc(Cl)cc2)O[C@@H](c2ccc(F)cc2OCC(=O)O)C1. The number of benzene rings is 2. The number of ether oxygens (including phenoxy) is 2. The zero-order valence-corrected chi connectivity index (χ0v) is 17.4. The molecule has 8 heteroatoms. The molecule has 30 heavy (non-hydrogen) atoms. The lowest BCUT2D eigenvalue weighted by atomic mass is 9.81. The number of halogens is 2. The summed E-state index contributed by atoms with van der Waals surface area (Å²) in [6.45, 7) is 2.77. The molecule has 0 aromatic heterocycles. The van der Waals surface area contributed by atoms with Crippen molar-refractivity contribution < 1.29 is 28.6 Å². The van der Waals surface area contributed by atoms with Crippen LogP contribution in [0.3, 0.4) is 0 Å². The van der Waals surface area contributed by atoms with Gasteiger partial charge < -0.3 is 19.9 Å². The molecule has 2 N–H and O–H groups in total. The molecule has 2 aromatic carbocycles. The normalized spacial score (nSPS) is 23.6. The van der Waals surface area contributed by atoms with Gasteiger partial charge in [-0.05, 0) is 36.8 Å². The first-order valence-electron chi connectivity index (χ1n) is 9.49. The number of rotatable bonds is 6. The van der Waals surface area contributed by atoms with Gasteiger partial charge in [-0.2, -0.15) is 0 Å². The molecule has 1 aliphatic rings. The van der Waals surface area contributed by atoms with Gasteiger partial charge in [0, 0.05) is 42.0 Å². The third kappa shape index (κ3) is 5.49. The fourth-order valence-electron chi connectivity index (χ4n) is 3.82.